The molecular formula is C6H5Cl2N3O2. The third-order valence-corrected chi connectivity index (χ3v) is 1.93. The van der Waals surface area contributed by atoms with Gasteiger partial charge in [0.15, 0.2) is 5.15 Å². The number of aromatic nitrogens is 1. The normalized spacial score (nSPS) is 10.3. The Kier molecular flexibility index (Phi) is 2.79. The van der Waals surface area contributed by atoms with E-state index < -0.39 is 6.09 Å². The molecule has 13 heavy (non-hydrogen) atoms. The average Bonchev–Trinajstić information content (AvgIpc) is 1.90. The van der Waals surface area contributed by atoms with Crippen LogP contribution in [0, 0.1) is 0 Å². The first-order valence-electron chi connectivity index (χ1n) is 3.12. The fourth-order valence-corrected chi connectivity index (χ4v) is 1.05. The van der Waals surface area contributed by atoms with Crippen molar-refractivity contribution in [3.63, 3.8) is 0 Å². The SMILES string of the molecule is Clc1nc2cc(c1Cl)N2.NC(=O)O. The topological polar surface area (TPSA) is 88.2 Å². The lowest BCUT2D eigenvalue weighted by Gasteiger charge is -2.18. The molecule has 0 aromatic carbocycles. The highest BCUT2D eigenvalue weighted by atomic mass is 35.5. The monoisotopic (exact) mass is 221 g/mol. The van der Waals surface area contributed by atoms with Crippen LogP contribution in [0.5, 0.6) is 0 Å². The molecule has 0 saturated carbocycles. The number of nitrogens with two attached hydrogens (primary N) is 1. The molecule has 1 amide bonds. The molecule has 1 aromatic heterocycles. The number of rotatable bonds is 0. The molecule has 0 radical (unpaired) electrons. The number of amides is 1. The number of primary amides is 1. The zero-order valence-electron chi connectivity index (χ0n) is 6.21. The minimum absolute atomic E-state index is 0.378. The summed E-state index contributed by atoms with van der Waals surface area (Å²) in [6, 6.07) is 1.84. The lowest BCUT2D eigenvalue weighted by molar-refractivity contribution is 0.205. The molecule has 2 aliphatic rings. The van der Waals surface area contributed by atoms with Crippen LogP contribution < -0.4 is 11.1 Å². The molecule has 0 atom stereocenters. The summed E-state index contributed by atoms with van der Waals surface area (Å²) < 4.78 is 0. The molecule has 0 aliphatic carbocycles. The summed E-state index contributed by atoms with van der Waals surface area (Å²) in [7, 11) is 0. The standard InChI is InChI=1S/C5H2Cl2N2.CH3NO2/c6-4-2-1-3(8-2)9-5(4)7;2-1(3)4/h1H,(H,8,9);2H2,(H,3,4). The molecule has 2 bridgehead atoms. The van der Waals surface area contributed by atoms with Gasteiger partial charge in [0.05, 0.1) is 5.69 Å². The summed E-state index contributed by atoms with van der Waals surface area (Å²) in [5.74, 6) is 0.791. The van der Waals surface area contributed by atoms with E-state index in [9.17, 15) is 0 Å². The van der Waals surface area contributed by atoms with Crippen molar-refractivity contribution in [3.8, 4) is 0 Å². The summed E-state index contributed by atoms with van der Waals surface area (Å²) >= 11 is 11.2. The number of anilines is 2. The number of halogens is 2. The third-order valence-electron chi connectivity index (χ3n) is 1.18. The Morgan fingerprint density at radius 2 is 2.08 bits per heavy atom. The summed E-state index contributed by atoms with van der Waals surface area (Å²) in [5, 5.41) is 11.0. The lowest BCUT2D eigenvalue weighted by atomic mass is 10.3. The maximum absolute atomic E-state index is 8.78. The molecule has 2 aliphatic heterocycles. The predicted octanol–water partition coefficient (Wildman–Crippen LogP) is 2.07. The van der Waals surface area contributed by atoms with Gasteiger partial charge >= 0.3 is 6.09 Å². The van der Waals surface area contributed by atoms with Crippen molar-refractivity contribution >= 4 is 40.8 Å². The van der Waals surface area contributed by atoms with Crippen LogP contribution in [0.2, 0.25) is 10.2 Å². The number of carboxylic acid groups (broad SMARTS) is 1. The van der Waals surface area contributed by atoms with E-state index in [4.69, 9.17) is 33.1 Å². The maximum atomic E-state index is 8.78. The second-order valence-electron chi connectivity index (χ2n) is 2.12. The summed E-state index contributed by atoms with van der Waals surface area (Å²) in [6.45, 7) is 0. The van der Waals surface area contributed by atoms with Crippen LogP contribution >= 0.6 is 23.2 Å². The minimum atomic E-state index is -1.33. The molecule has 7 heteroatoms. The number of carbonyl (C=O) groups is 1. The fraction of sp³-hybridized carbons (Fsp3) is 0. The number of fused-ring (bicyclic) bond motifs is 2. The minimum Gasteiger partial charge on any atom is -0.465 e. The first kappa shape index (κ1) is 9.88. The van der Waals surface area contributed by atoms with E-state index in [0.29, 0.717) is 10.2 Å². The van der Waals surface area contributed by atoms with Crippen LogP contribution in [-0.4, -0.2) is 16.2 Å². The lowest BCUT2D eigenvalue weighted by Crippen LogP contribution is -2.04. The van der Waals surface area contributed by atoms with E-state index >= 15 is 0 Å². The fourth-order valence-electron chi connectivity index (χ4n) is 0.714. The van der Waals surface area contributed by atoms with Crippen molar-refractivity contribution < 1.29 is 9.90 Å². The Morgan fingerprint density at radius 3 is 2.31 bits per heavy atom. The zero-order valence-corrected chi connectivity index (χ0v) is 7.73. The number of nitrogens with zero attached hydrogens (tertiary/aromatic N) is 1. The average molecular weight is 222 g/mol. The van der Waals surface area contributed by atoms with E-state index in [1.54, 1.807) is 0 Å². The summed E-state index contributed by atoms with van der Waals surface area (Å²) in [5.41, 5.74) is 4.90. The van der Waals surface area contributed by atoms with Crippen molar-refractivity contribution in [2.24, 2.45) is 5.73 Å². The van der Waals surface area contributed by atoms with Gasteiger partial charge in [-0.05, 0) is 0 Å². The molecule has 0 saturated heterocycles. The van der Waals surface area contributed by atoms with Gasteiger partial charge in [-0.2, -0.15) is 0 Å². The van der Waals surface area contributed by atoms with Crippen molar-refractivity contribution in [1.29, 1.82) is 0 Å². The van der Waals surface area contributed by atoms with Gasteiger partial charge in [0.25, 0.3) is 0 Å². The van der Waals surface area contributed by atoms with E-state index in [1.165, 1.54) is 0 Å². The van der Waals surface area contributed by atoms with Crippen LogP contribution in [0.3, 0.4) is 0 Å². The molecular weight excluding hydrogens is 217 g/mol. The highest BCUT2D eigenvalue weighted by molar-refractivity contribution is 6.43. The van der Waals surface area contributed by atoms with E-state index in [1.807, 2.05) is 6.07 Å². The highest BCUT2D eigenvalue weighted by Crippen LogP contribution is 2.38. The number of hydrogen-bond donors (Lipinski definition) is 3. The third kappa shape index (κ3) is 2.37. The van der Waals surface area contributed by atoms with Crippen molar-refractivity contribution in [1.82, 2.24) is 4.98 Å². The van der Waals surface area contributed by atoms with Gasteiger partial charge in [-0.25, -0.2) is 9.78 Å². The van der Waals surface area contributed by atoms with E-state index in [-0.39, 0.29) is 0 Å². The Bertz CT molecular complexity index is 348. The molecule has 0 spiro atoms. The van der Waals surface area contributed by atoms with Gasteiger partial charge in [-0.1, -0.05) is 23.2 Å². The van der Waals surface area contributed by atoms with Crippen LogP contribution in [0.25, 0.3) is 0 Å². The molecule has 0 fully saturated rings. The van der Waals surface area contributed by atoms with Gasteiger partial charge in [-0.3, -0.25) is 0 Å². The van der Waals surface area contributed by atoms with Gasteiger partial charge < -0.3 is 16.2 Å². The molecule has 1 aromatic rings. The molecule has 3 heterocycles. The van der Waals surface area contributed by atoms with Crippen molar-refractivity contribution in [3.05, 3.63) is 16.2 Å². The Hall–Kier alpha value is -1.20. The van der Waals surface area contributed by atoms with Gasteiger partial charge in [0.1, 0.15) is 10.8 Å². The zero-order chi connectivity index (χ0) is 10.0. The quantitative estimate of drug-likeness (QED) is 0.595. The van der Waals surface area contributed by atoms with Crippen LogP contribution in [-0.2, 0) is 0 Å². The van der Waals surface area contributed by atoms with Crippen molar-refractivity contribution in [2.75, 3.05) is 5.32 Å². The van der Waals surface area contributed by atoms with E-state index in [0.717, 1.165) is 11.5 Å². The first-order valence-corrected chi connectivity index (χ1v) is 3.87. The highest BCUT2D eigenvalue weighted by Gasteiger charge is 2.16. The second-order valence-corrected chi connectivity index (χ2v) is 2.86. The summed E-state index contributed by atoms with van der Waals surface area (Å²) in [6.07, 6.45) is -1.33. The van der Waals surface area contributed by atoms with Crippen LogP contribution in [0.4, 0.5) is 16.3 Å². The van der Waals surface area contributed by atoms with Crippen LogP contribution in [0.1, 0.15) is 0 Å². The Balaban J connectivity index is 0.000000184. The Labute approximate surface area is 83.5 Å². The van der Waals surface area contributed by atoms with Crippen LogP contribution in [0.15, 0.2) is 6.07 Å². The number of pyridine rings is 1. The summed E-state index contributed by atoms with van der Waals surface area (Å²) in [4.78, 5) is 12.6. The molecule has 70 valence electrons. The smallest absolute Gasteiger partial charge is 0.402 e. The van der Waals surface area contributed by atoms with E-state index in [2.05, 4.69) is 16.0 Å². The predicted molar refractivity (Wildman–Crippen MR) is 49.8 cm³/mol. The number of nitrogens with one attached hydrogen (secondary N) is 1. The van der Waals surface area contributed by atoms with Gasteiger partial charge in [0, 0.05) is 6.07 Å². The maximum Gasteiger partial charge on any atom is 0.402 e. The molecule has 3 rings (SSSR count). The Morgan fingerprint density at radius 1 is 1.62 bits per heavy atom. The van der Waals surface area contributed by atoms with Gasteiger partial charge in [0.2, 0.25) is 0 Å². The largest absolute Gasteiger partial charge is 0.465 e. The van der Waals surface area contributed by atoms with Crippen molar-refractivity contribution in [2.45, 2.75) is 0 Å². The van der Waals surface area contributed by atoms with Gasteiger partial charge in [-0.15, -0.1) is 0 Å². The number of hydrogen-bond acceptors (Lipinski definition) is 3. The second kappa shape index (κ2) is 3.68. The molecule has 5 nitrogen and oxygen atoms in total. The molecule has 4 N–H and O–H groups in total. The first-order chi connectivity index (χ1) is 6.00. The molecule has 0 unspecified atom stereocenters.